The molecule has 2 heterocycles. The van der Waals surface area contributed by atoms with Crippen LogP contribution in [0, 0.1) is 5.92 Å². The Balaban J connectivity index is 1.77. The summed E-state index contributed by atoms with van der Waals surface area (Å²) in [5.74, 6) is 1.81. The molecule has 130 valence electrons. The maximum Gasteiger partial charge on any atom is 0.193 e. The first-order valence-corrected chi connectivity index (χ1v) is 8.82. The molecule has 23 heavy (non-hydrogen) atoms. The second kappa shape index (κ2) is 8.60. The third-order valence-corrected chi connectivity index (χ3v) is 4.84. The van der Waals surface area contributed by atoms with Gasteiger partial charge in [0.25, 0.3) is 0 Å². The molecule has 1 aromatic heterocycles. The number of rotatable bonds is 5. The van der Waals surface area contributed by atoms with Gasteiger partial charge in [0, 0.05) is 46.1 Å². The summed E-state index contributed by atoms with van der Waals surface area (Å²) in [7, 11) is 5.90. The van der Waals surface area contributed by atoms with Crippen LogP contribution in [0.2, 0.25) is 5.02 Å². The molecule has 0 spiro atoms. The van der Waals surface area contributed by atoms with Crippen LogP contribution in [0.1, 0.15) is 25.5 Å². The van der Waals surface area contributed by atoms with Crippen molar-refractivity contribution in [3.63, 3.8) is 0 Å². The first kappa shape index (κ1) is 18.1. The normalized spacial score (nSPS) is 17.5. The number of nitrogens with one attached hydrogen (secondary N) is 1. The molecule has 1 fully saturated rings. The second-order valence-corrected chi connectivity index (χ2v) is 7.05. The van der Waals surface area contributed by atoms with Crippen LogP contribution >= 0.6 is 11.6 Å². The van der Waals surface area contributed by atoms with Gasteiger partial charge in [-0.25, -0.2) is 0 Å². The second-order valence-electron chi connectivity index (χ2n) is 6.61. The summed E-state index contributed by atoms with van der Waals surface area (Å²) >= 11 is 6.05. The van der Waals surface area contributed by atoms with E-state index in [0.717, 1.165) is 36.5 Å². The summed E-state index contributed by atoms with van der Waals surface area (Å²) < 4.78 is 2.06. The predicted molar refractivity (Wildman–Crippen MR) is 98.1 cm³/mol. The fourth-order valence-electron chi connectivity index (χ4n) is 3.04. The fourth-order valence-corrected chi connectivity index (χ4v) is 3.31. The van der Waals surface area contributed by atoms with E-state index in [2.05, 4.69) is 38.6 Å². The van der Waals surface area contributed by atoms with E-state index in [-0.39, 0.29) is 0 Å². The van der Waals surface area contributed by atoms with E-state index < -0.39 is 0 Å². The smallest absolute Gasteiger partial charge is 0.193 e. The van der Waals surface area contributed by atoms with Gasteiger partial charge in [-0.05, 0) is 37.9 Å². The SMILES string of the molecule is CN=C(NCCN1CCC(C)CC1)N(C)Cc1cc(Cl)cn1C. The molecule has 1 aliphatic rings. The van der Waals surface area contributed by atoms with Gasteiger partial charge < -0.3 is 19.7 Å². The Bertz CT molecular complexity index is 517. The van der Waals surface area contributed by atoms with Crippen LogP contribution in [0.25, 0.3) is 0 Å². The lowest BCUT2D eigenvalue weighted by molar-refractivity contribution is 0.195. The van der Waals surface area contributed by atoms with Gasteiger partial charge >= 0.3 is 0 Å². The van der Waals surface area contributed by atoms with Crippen LogP contribution in [-0.2, 0) is 13.6 Å². The van der Waals surface area contributed by atoms with Crippen molar-refractivity contribution in [1.82, 2.24) is 19.7 Å². The molecule has 0 amide bonds. The van der Waals surface area contributed by atoms with Crippen molar-refractivity contribution in [3.8, 4) is 0 Å². The number of hydrogen-bond donors (Lipinski definition) is 1. The first-order chi connectivity index (χ1) is 11.0. The highest BCUT2D eigenvalue weighted by Crippen LogP contribution is 2.15. The largest absolute Gasteiger partial charge is 0.355 e. The Morgan fingerprint density at radius 3 is 2.70 bits per heavy atom. The highest BCUT2D eigenvalue weighted by atomic mass is 35.5. The molecule has 2 rings (SSSR count). The molecule has 6 heteroatoms. The van der Waals surface area contributed by atoms with Crippen molar-refractivity contribution in [2.75, 3.05) is 40.3 Å². The molecule has 0 atom stereocenters. The summed E-state index contributed by atoms with van der Waals surface area (Å²) in [5, 5.41) is 4.24. The zero-order chi connectivity index (χ0) is 16.8. The van der Waals surface area contributed by atoms with Gasteiger partial charge in [0.1, 0.15) is 0 Å². The molecule has 5 nitrogen and oxygen atoms in total. The molecule has 1 aliphatic heterocycles. The van der Waals surface area contributed by atoms with Crippen molar-refractivity contribution in [2.45, 2.75) is 26.3 Å². The summed E-state index contributed by atoms with van der Waals surface area (Å²) in [4.78, 5) is 9.05. The first-order valence-electron chi connectivity index (χ1n) is 8.44. The van der Waals surface area contributed by atoms with E-state index in [1.54, 1.807) is 0 Å². The maximum atomic E-state index is 6.05. The van der Waals surface area contributed by atoms with Crippen LogP contribution in [0.15, 0.2) is 17.3 Å². The van der Waals surface area contributed by atoms with Gasteiger partial charge in [0.05, 0.1) is 11.6 Å². The zero-order valence-corrected chi connectivity index (χ0v) is 15.6. The number of aryl methyl sites for hydroxylation is 1. The molecular formula is C17H30ClN5. The molecular weight excluding hydrogens is 310 g/mol. The van der Waals surface area contributed by atoms with Crippen LogP contribution in [0.4, 0.5) is 0 Å². The lowest BCUT2D eigenvalue weighted by Gasteiger charge is -2.30. The van der Waals surface area contributed by atoms with Crippen LogP contribution in [0.5, 0.6) is 0 Å². The van der Waals surface area contributed by atoms with Crippen LogP contribution in [0.3, 0.4) is 0 Å². The Morgan fingerprint density at radius 1 is 1.43 bits per heavy atom. The lowest BCUT2D eigenvalue weighted by Crippen LogP contribution is -2.43. The van der Waals surface area contributed by atoms with Crippen LogP contribution in [-0.4, -0.2) is 60.6 Å². The Kier molecular flexibility index (Phi) is 6.78. The molecule has 0 radical (unpaired) electrons. The fraction of sp³-hybridized carbons (Fsp3) is 0.706. The number of likely N-dealkylation sites (tertiary alicyclic amines) is 1. The highest BCUT2D eigenvalue weighted by Gasteiger charge is 2.15. The average molecular weight is 340 g/mol. The third kappa shape index (κ3) is 5.43. The number of piperidine rings is 1. The van der Waals surface area contributed by atoms with E-state index in [1.165, 1.54) is 31.6 Å². The number of nitrogens with zero attached hydrogens (tertiary/aromatic N) is 4. The van der Waals surface area contributed by atoms with Gasteiger partial charge in [-0.2, -0.15) is 0 Å². The van der Waals surface area contributed by atoms with E-state index in [9.17, 15) is 0 Å². The number of halogens is 1. The van der Waals surface area contributed by atoms with Gasteiger partial charge in [-0.3, -0.25) is 4.99 Å². The number of aromatic nitrogens is 1. The minimum absolute atomic E-state index is 0.776. The molecule has 0 aliphatic carbocycles. The van der Waals surface area contributed by atoms with E-state index in [0.29, 0.717) is 0 Å². The van der Waals surface area contributed by atoms with Crippen molar-refractivity contribution >= 4 is 17.6 Å². The molecule has 0 unspecified atom stereocenters. The topological polar surface area (TPSA) is 35.8 Å². The van der Waals surface area contributed by atoms with E-state index >= 15 is 0 Å². The molecule has 1 saturated heterocycles. The van der Waals surface area contributed by atoms with Crippen molar-refractivity contribution in [3.05, 3.63) is 23.0 Å². The minimum Gasteiger partial charge on any atom is -0.355 e. The average Bonchev–Trinajstić information content (AvgIpc) is 2.83. The van der Waals surface area contributed by atoms with Crippen molar-refractivity contribution < 1.29 is 0 Å². The zero-order valence-electron chi connectivity index (χ0n) is 14.8. The summed E-state index contributed by atoms with van der Waals surface area (Å²) in [6.45, 7) is 7.58. The summed E-state index contributed by atoms with van der Waals surface area (Å²) in [5.41, 5.74) is 1.17. The monoisotopic (exact) mass is 339 g/mol. The summed E-state index contributed by atoms with van der Waals surface area (Å²) in [6, 6.07) is 2.00. The Morgan fingerprint density at radius 2 is 2.13 bits per heavy atom. The number of guanidine groups is 1. The molecule has 1 N–H and O–H groups in total. The minimum atomic E-state index is 0.776. The van der Waals surface area contributed by atoms with Crippen LogP contribution < -0.4 is 5.32 Å². The third-order valence-electron chi connectivity index (χ3n) is 4.63. The standard InChI is InChI=1S/C17H30ClN5/c1-14-5-8-23(9-6-14)10-7-20-17(19-2)22(4)13-16-11-15(18)12-21(16)3/h11-12,14H,5-10,13H2,1-4H3,(H,19,20). The predicted octanol–water partition coefficient (Wildman–Crippen LogP) is 2.42. The highest BCUT2D eigenvalue weighted by molar-refractivity contribution is 6.30. The Labute approximate surface area is 145 Å². The van der Waals surface area contributed by atoms with E-state index in [1.807, 2.05) is 26.4 Å². The van der Waals surface area contributed by atoms with Crippen molar-refractivity contribution in [2.24, 2.45) is 18.0 Å². The summed E-state index contributed by atoms with van der Waals surface area (Å²) in [6.07, 6.45) is 4.57. The quantitative estimate of drug-likeness (QED) is 0.661. The molecule has 1 aromatic rings. The Hall–Kier alpha value is -1.20. The maximum absolute atomic E-state index is 6.05. The van der Waals surface area contributed by atoms with Crippen molar-refractivity contribution in [1.29, 1.82) is 0 Å². The molecule has 0 bridgehead atoms. The van der Waals surface area contributed by atoms with Gasteiger partial charge in [-0.1, -0.05) is 18.5 Å². The number of hydrogen-bond acceptors (Lipinski definition) is 2. The van der Waals surface area contributed by atoms with Gasteiger partial charge in [0.2, 0.25) is 0 Å². The molecule has 0 aromatic carbocycles. The lowest BCUT2D eigenvalue weighted by atomic mass is 9.99. The van der Waals surface area contributed by atoms with Gasteiger partial charge in [-0.15, -0.1) is 0 Å². The molecule has 0 saturated carbocycles. The number of aliphatic imine (C=N–C) groups is 1. The van der Waals surface area contributed by atoms with E-state index in [4.69, 9.17) is 11.6 Å². The van der Waals surface area contributed by atoms with Gasteiger partial charge in [0.15, 0.2) is 5.96 Å².